The number of hydrogen-bond acceptors (Lipinski definition) is 7. The minimum absolute atomic E-state index is 0.155. The van der Waals surface area contributed by atoms with Crippen LogP contribution in [-0.2, 0) is 11.3 Å². The molecule has 0 aliphatic heterocycles. The molecule has 0 bridgehead atoms. The number of aromatic amines is 1. The van der Waals surface area contributed by atoms with Crippen LogP contribution < -0.4 is 10.6 Å². The second kappa shape index (κ2) is 13.2. The number of halogens is 1. The molecule has 2 atom stereocenters. The van der Waals surface area contributed by atoms with Gasteiger partial charge in [0.05, 0.1) is 34.5 Å². The number of benzene rings is 1. The Balaban J connectivity index is 1.17. The minimum Gasteiger partial charge on any atom is -0.360 e. The van der Waals surface area contributed by atoms with Crippen LogP contribution in [0.2, 0.25) is 5.02 Å². The molecular weight excluding hydrogens is 536 g/mol. The summed E-state index contributed by atoms with van der Waals surface area (Å²) in [6.07, 6.45) is 13.0. The first-order chi connectivity index (χ1) is 19.9. The van der Waals surface area contributed by atoms with E-state index in [1.54, 1.807) is 18.5 Å². The van der Waals surface area contributed by atoms with E-state index in [4.69, 9.17) is 16.6 Å². The van der Waals surface area contributed by atoms with Crippen LogP contribution in [0.25, 0.3) is 22.2 Å². The maximum absolute atomic E-state index is 12.1. The Hall–Kier alpha value is -3.79. The molecule has 3 heterocycles. The number of carbonyl (C=O) groups excluding carboxylic acids is 1. The summed E-state index contributed by atoms with van der Waals surface area (Å²) in [7, 11) is 6.07. The number of anilines is 2. The Morgan fingerprint density at radius 1 is 1.12 bits per heavy atom. The van der Waals surface area contributed by atoms with E-state index < -0.39 is 0 Å². The van der Waals surface area contributed by atoms with Crippen molar-refractivity contribution in [1.82, 2.24) is 29.7 Å². The molecule has 1 saturated carbocycles. The molecular formula is C31H37ClN8O. The largest absolute Gasteiger partial charge is 0.360 e. The van der Waals surface area contributed by atoms with Gasteiger partial charge in [0.25, 0.3) is 0 Å². The molecule has 41 heavy (non-hydrogen) atoms. The van der Waals surface area contributed by atoms with Gasteiger partial charge in [0.2, 0.25) is 11.9 Å². The maximum atomic E-state index is 12.1. The fraction of sp³-hybridized carbons (Fsp3) is 0.355. The minimum atomic E-state index is -0.155. The summed E-state index contributed by atoms with van der Waals surface area (Å²) >= 11 is 6.53. The zero-order valence-electron chi connectivity index (χ0n) is 23.8. The Bertz CT molecular complexity index is 1500. The number of nitrogens with one attached hydrogen (secondary N) is 3. The van der Waals surface area contributed by atoms with Crippen LogP contribution in [0.1, 0.15) is 31.4 Å². The summed E-state index contributed by atoms with van der Waals surface area (Å²) in [5.41, 5.74) is 4.39. The number of pyridine rings is 1. The SMILES string of the molecule is CN(C)C/C=C/C(=O)Nc1ccc(CN(C)[C@H]2CCC[C@@H](Nc3ncc(Cl)c(-c4c[nH]c5ccccc45)n3)C2)nc1. The van der Waals surface area contributed by atoms with Gasteiger partial charge in [0.15, 0.2) is 0 Å². The second-order valence-corrected chi connectivity index (χ2v) is 11.3. The highest BCUT2D eigenvalue weighted by atomic mass is 35.5. The number of likely N-dealkylation sites (N-methyl/N-ethyl adjacent to an activating group) is 1. The number of para-hydroxylation sites is 1. The summed E-state index contributed by atoms with van der Waals surface area (Å²) in [4.78, 5) is 33.6. The third-order valence-electron chi connectivity index (χ3n) is 7.44. The van der Waals surface area contributed by atoms with E-state index in [1.165, 1.54) is 0 Å². The highest BCUT2D eigenvalue weighted by Crippen LogP contribution is 2.33. The van der Waals surface area contributed by atoms with Crippen molar-refractivity contribution in [2.45, 2.75) is 44.3 Å². The van der Waals surface area contributed by atoms with Crippen LogP contribution in [0.15, 0.2) is 67.1 Å². The first-order valence-electron chi connectivity index (χ1n) is 14.0. The van der Waals surface area contributed by atoms with E-state index in [9.17, 15) is 4.79 Å². The number of amides is 1. The Kier molecular flexibility index (Phi) is 9.28. The molecule has 3 aromatic heterocycles. The molecule has 5 rings (SSSR count). The number of hydrogen-bond donors (Lipinski definition) is 3. The molecule has 3 N–H and O–H groups in total. The van der Waals surface area contributed by atoms with Gasteiger partial charge in [0.1, 0.15) is 0 Å². The van der Waals surface area contributed by atoms with E-state index >= 15 is 0 Å². The average molecular weight is 573 g/mol. The molecule has 0 unspecified atom stereocenters. The molecule has 10 heteroatoms. The third kappa shape index (κ3) is 7.49. The smallest absolute Gasteiger partial charge is 0.248 e. The fourth-order valence-electron chi connectivity index (χ4n) is 5.30. The standard InChI is InChI=1S/C31H37ClN8O/c1-39(2)15-7-12-29(41)36-22-13-14-23(33-17-22)20-40(3)24-9-6-8-21(16-24)37-31-35-19-27(32)30(38-31)26-18-34-28-11-5-4-10-25(26)28/h4-5,7,10-14,17-19,21,24,34H,6,8-9,15-16,20H2,1-3H3,(H,36,41)(H,35,37,38)/b12-7+/t21-,24+/m1/s1. The van der Waals surface area contributed by atoms with E-state index in [0.29, 0.717) is 29.2 Å². The lowest BCUT2D eigenvalue weighted by Crippen LogP contribution is -2.40. The molecule has 1 aliphatic rings. The zero-order chi connectivity index (χ0) is 28.8. The van der Waals surface area contributed by atoms with Crippen molar-refractivity contribution < 1.29 is 4.79 Å². The molecule has 0 spiro atoms. The van der Waals surface area contributed by atoms with Gasteiger partial charge in [-0.1, -0.05) is 35.9 Å². The molecule has 1 fully saturated rings. The number of aromatic nitrogens is 4. The van der Waals surface area contributed by atoms with Crippen LogP contribution in [0, 0.1) is 0 Å². The molecule has 1 aromatic carbocycles. The number of carbonyl (C=O) groups is 1. The normalized spacial score (nSPS) is 17.5. The van der Waals surface area contributed by atoms with Crippen molar-refractivity contribution in [3.8, 4) is 11.3 Å². The number of fused-ring (bicyclic) bond motifs is 1. The topological polar surface area (TPSA) is 102 Å². The van der Waals surface area contributed by atoms with Gasteiger partial charge in [-0.05, 0) is 65.0 Å². The third-order valence-corrected chi connectivity index (χ3v) is 7.71. The predicted molar refractivity (Wildman–Crippen MR) is 166 cm³/mol. The van der Waals surface area contributed by atoms with Crippen molar-refractivity contribution in [2.24, 2.45) is 0 Å². The van der Waals surface area contributed by atoms with Crippen LogP contribution in [0.3, 0.4) is 0 Å². The monoisotopic (exact) mass is 572 g/mol. The van der Waals surface area contributed by atoms with Gasteiger partial charge in [-0.25, -0.2) is 9.97 Å². The van der Waals surface area contributed by atoms with E-state index in [0.717, 1.165) is 60.1 Å². The summed E-state index contributed by atoms with van der Waals surface area (Å²) < 4.78 is 0. The van der Waals surface area contributed by atoms with Crippen LogP contribution in [-0.4, -0.2) is 75.4 Å². The van der Waals surface area contributed by atoms with Crippen LogP contribution in [0.5, 0.6) is 0 Å². The van der Waals surface area contributed by atoms with Crippen LogP contribution >= 0.6 is 11.6 Å². The Morgan fingerprint density at radius 3 is 2.78 bits per heavy atom. The molecule has 4 aromatic rings. The summed E-state index contributed by atoms with van der Waals surface area (Å²) in [6, 6.07) is 12.7. The van der Waals surface area contributed by atoms with Gasteiger partial charge in [-0.15, -0.1) is 0 Å². The molecule has 214 valence electrons. The Morgan fingerprint density at radius 2 is 1.98 bits per heavy atom. The predicted octanol–water partition coefficient (Wildman–Crippen LogP) is 5.58. The lowest BCUT2D eigenvalue weighted by Gasteiger charge is -2.35. The first kappa shape index (κ1) is 28.7. The van der Waals surface area contributed by atoms with Gasteiger partial charge in [-0.3, -0.25) is 14.7 Å². The number of H-pyrrole nitrogens is 1. The van der Waals surface area contributed by atoms with Crippen molar-refractivity contribution in [3.05, 3.63) is 77.9 Å². The second-order valence-electron chi connectivity index (χ2n) is 10.9. The molecule has 0 saturated heterocycles. The summed E-state index contributed by atoms with van der Waals surface area (Å²) in [5.74, 6) is 0.441. The fourth-order valence-corrected chi connectivity index (χ4v) is 5.49. The van der Waals surface area contributed by atoms with Gasteiger partial charge < -0.3 is 20.5 Å². The number of rotatable bonds is 10. The molecule has 1 amide bonds. The maximum Gasteiger partial charge on any atom is 0.248 e. The zero-order valence-corrected chi connectivity index (χ0v) is 24.5. The highest BCUT2D eigenvalue weighted by Gasteiger charge is 2.26. The van der Waals surface area contributed by atoms with Crippen molar-refractivity contribution in [1.29, 1.82) is 0 Å². The molecule has 9 nitrogen and oxygen atoms in total. The van der Waals surface area contributed by atoms with Gasteiger partial charge in [-0.2, -0.15) is 0 Å². The van der Waals surface area contributed by atoms with Gasteiger partial charge in [0, 0.05) is 53.9 Å². The van der Waals surface area contributed by atoms with E-state index in [1.807, 2.05) is 61.6 Å². The Labute approximate surface area is 246 Å². The van der Waals surface area contributed by atoms with Crippen LogP contribution in [0.4, 0.5) is 11.6 Å². The quantitative estimate of drug-likeness (QED) is 0.213. The number of nitrogens with zero attached hydrogens (tertiary/aromatic N) is 5. The first-order valence-corrected chi connectivity index (χ1v) is 14.4. The summed E-state index contributed by atoms with van der Waals surface area (Å²) in [6.45, 7) is 1.45. The van der Waals surface area contributed by atoms with Crippen molar-refractivity contribution in [2.75, 3.05) is 38.3 Å². The molecule has 1 aliphatic carbocycles. The van der Waals surface area contributed by atoms with E-state index in [2.05, 4.69) is 43.6 Å². The van der Waals surface area contributed by atoms with Gasteiger partial charge >= 0.3 is 0 Å². The van der Waals surface area contributed by atoms with Crippen molar-refractivity contribution in [3.63, 3.8) is 0 Å². The van der Waals surface area contributed by atoms with Crippen molar-refractivity contribution >= 4 is 40.0 Å². The van der Waals surface area contributed by atoms with E-state index in [-0.39, 0.29) is 11.9 Å². The average Bonchev–Trinajstić information content (AvgIpc) is 3.39. The lowest BCUT2D eigenvalue weighted by molar-refractivity contribution is -0.111. The molecule has 0 radical (unpaired) electrons. The lowest BCUT2D eigenvalue weighted by atomic mass is 9.90. The summed E-state index contributed by atoms with van der Waals surface area (Å²) in [5, 5.41) is 8.05. The highest BCUT2D eigenvalue weighted by molar-refractivity contribution is 6.33.